The van der Waals surface area contributed by atoms with Crippen LogP contribution < -0.4 is 24.8 Å². The van der Waals surface area contributed by atoms with Gasteiger partial charge in [0.25, 0.3) is 5.69 Å². The minimum atomic E-state index is -1.21. The smallest absolute Gasteiger partial charge is 0.270 e. The molecule has 2 aliphatic rings. The molecule has 0 saturated carbocycles. The molecule has 3 aromatic rings. The molecule has 10 nitrogen and oxygen atoms in total. The Balaban J connectivity index is 1.51. The lowest BCUT2D eigenvalue weighted by atomic mass is 9.78. The van der Waals surface area contributed by atoms with Gasteiger partial charge in [-0.2, -0.15) is 0 Å². The van der Waals surface area contributed by atoms with Gasteiger partial charge in [-0.05, 0) is 73.6 Å². The number of non-ortho nitro benzene ring substituents is 1. The second-order valence-corrected chi connectivity index (χ2v) is 10.5. The van der Waals surface area contributed by atoms with Crippen LogP contribution in [0.1, 0.15) is 24.1 Å². The molecule has 0 unspecified atom stereocenters. The average molecular weight is 583 g/mol. The first-order valence-electron chi connectivity index (χ1n) is 12.5. The zero-order chi connectivity index (χ0) is 28.6. The number of rotatable bonds is 8. The van der Waals surface area contributed by atoms with Crippen LogP contribution in [0.15, 0.2) is 60.7 Å². The van der Waals surface area contributed by atoms with E-state index in [1.54, 1.807) is 44.6 Å². The van der Waals surface area contributed by atoms with E-state index in [9.17, 15) is 14.9 Å². The summed E-state index contributed by atoms with van der Waals surface area (Å²) >= 11 is 11.8. The van der Waals surface area contributed by atoms with Crippen LogP contribution in [0.2, 0.25) is 5.02 Å². The van der Waals surface area contributed by atoms with E-state index in [0.717, 1.165) is 5.56 Å². The fourth-order valence-electron chi connectivity index (χ4n) is 5.31. The number of thiocarbonyl (C=S) groups is 1. The third-order valence-corrected chi connectivity index (χ3v) is 7.88. The largest absolute Gasteiger partial charge is 0.493 e. The van der Waals surface area contributed by atoms with Gasteiger partial charge < -0.3 is 29.7 Å². The fraction of sp³-hybridized carbons (Fsp3) is 0.286. The predicted molar refractivity (Wildman–Crippen MR) is 154 cm³/mol. The summed E-state index contributed by atoms with van der Waals surface area (Å²) in [6.07, 6.45) is 0.560. The maximum Gasteiger partial charge on any atom is 0.270 e. The number of hydrogen-bond acceptors (Lipinski definition) is 7. The molecule has 0 radical (unpaired) electrons. The summed E-state index contributed by atoms with van der Waals surface area (Å²) < 4.78 is 17.3. The van der Waals surface area contributed by atoms with Crippen LogP contribution in [0, 0.1) is 16.0 Å². The first-order valence-corrected chi connectivity index (χ1v) is 13.3. The minimum Gasteiger partial charge on any atom is -0.493 e. The summed E-state index contributed by atoms with van der Waals surface area (Å²) in [6.45, 7) is 2.23. The number of nitro benzene ring substituents is 1. The van der Waals surface area contributed by atoms with Crippen molar-refractivity contribution in [3.63, 3.8) is 0 Å². The number of anilines is 1. The van der Waals surface area contributed by atoms with E-state index in [0.29, 0.717) is 51.6 Å². The number of amides is 1. The van der Waals surface area contributed by atoms with Crippen molar-refractivity contribution in [3.8, 4) is 17.2 Å². The number of nitrogens with zero attached hydrogens (tertiary/aromatic N) is 2. The Kier molecular flexibility index (Phi) is 7.43. The Morgan fingerprint density at radius 2 is 1.88 bits per heavy atom. The summed E-state index contributed by atoms with van der Waals surface area (Å²) in [5, 5.41) is 18.7. The molecule has 40 heavy (non-hydrogen) atoms. The van der Waals surface area contributed by atoms with Gasteiger partial charge in [0, 0.05) is 35.0 Å². The highest BCUT2D eigenvalue weighted by Gasteiger charge is 2.58. The molecule has 3 aromatic carbocycles. The van der Waals surface area contributed by atoms with Crippen molar-refractivity contribution in [1.29, 1.82) is 0 Å². The molecule has 2 N–H and O–H groups in total. The zero-order valence-electron chi connectivity index (χ0n) is 22.0. The predicted octanol–water partition coefficient (Wildman–Crippen LogP) is 5.10. The zero-order valence-corrected chi connectivity index (χ0v) is 23.5. The molecule has 2 bridgehead atoms. The van der Waals surface area contributed by atoms with Crippen LogP contribution in [0.25, 0.3) is 0 Å². The van der Waals surface area contributed by atoms with E-state index >= 15 is 0 Å². The van der Waals surface area contributed by atoms with Crippen molar-refractivity contribution in [2.45, 2.75) is 25.1 Å². The molecule has 3 atom stereocenters. The van der Waals surface area contributed by atoms with Crippen LogP contribution in [0.3, 0.4) is 0 Å². The number of fused-ring (bicyclic) bond motifs is 4. The quantitative estimate of drug-likeness (QED) is 0.212. The first kappa shape index (κ1) is 27.5. The van der Waals surface area contributed by atoms with Gasteiger partial charge in [-0.1, -0.05) is 17.7 Å². The topological polar surface area (TPSA) is 115 Å². The highest BCUT2D eigenvalue weighted by atomic mass is 35.5. The molecule has 0 spiro atoms. The normalized spacial score (nSPS) is 21.0. The highest BCUT2D eigenvalue weighted by molar-refractivity contribution is 7.80. The van der Waals surface area contributed by atoms with Gasteiger partial charge in [0.05, 0.1) is 25.2 Å². The highest BCUT2D eigenvalue weighted by Crippen LogP contribution is 2.49. The molecule has 0 aliphatic carbocycles. The van der Waals surface area contributed by atoms with E-state index in [1.807, 2.05) is 30.0 Å². The molecule has 5 rings (SSSR count). The molecular weight excluding hydrogens is 556 g/mol. The SMILES string of the molecule is COc1ccc(CCN2C(=S)N[C@@H]3c4cc([N+](=O)[O-])ccc4O[C@]2(C)[C@H]3C(=O)Nc2ccc(Cl)cc2)cc1OC. The number of halogens is 1. The molecule has 1 saturated heterocycles. The number of methoxy groups -OCH3 is 2. The lowest BCUT2D eigenvalue weighted by Gasteiger charge is -2.56. The second-order valence-electron chi connectivity index (χ2n) is 9.63. The summed E-state index contributed by atoms with van der Waals surface area (Å²) in [5.41, 5.74) is 0.709. The van der Waals surface area contributed by atoms with E-state index in [1.165, 1.54) is 12.1 Å². The molecule has 2 heterocycles. The average Bonchev–Trinajstić information content (AvgIpc) is 2.93. The summed E-state index contributed by atoms with van der Waals surface area (Å²) in [4.78, 5) is 26.8. The fourth-order valence-corrected chi connectivity index (χ4v) is 5.83. The van der Waals surface area contributed by atoms with Crippen molar-refractivity contribution in [1.82, 2.24) is 10.2 Å². The van der Waals surface area contributed by atoms with Crippen molar-refractivity contribution in [2.75, 3.05) is 26.1 Å². The number of hydrogen-bond donors (Lipinski definition) is 2. The molecule has 12 heteroatoms. The van der Waals surface area contributed by atoms with Gasteiger partial charge in [0.2, 0.25) is 5.91 Å². The Labute approximate surface area is 241 Å². The van der Waals surface area contributed by atoms with Gasteiger partial charge in [0.1, 0.15) is 11.7 Å². The number of nitrogens with one attached hydrogen (secondary N) is 2. The van der Waals surface area contributed by atoms with E-state index in [2.05, 4.69) is 10.6 Å². The third-order valence-electron chi connectivity index (χ3n) is 7.29. The van der Waals surface area contributed by atoms with Crippen molar-refractivity contribution in [3.05, 3.63) is 86.9 Å². The maximum absolute atomic E-state index is 13.9. The van der Waals surface area contributed by atoms with Gasteiger partial charge >= 0.3 is 0 Å². The van der Waals surface area contributed by atoms with Gasteiger partial charge in [-0.3, -0.25) is 14.9 Å². The van der Waals surface area contributed by atoms with Crippen LogP contribution in [-0.4, -0.2) is 47.3 Å². The molecule has 1 fully saturated rings. The van der Waals surface area contributed by atoms with Crippen LogP contribution >= 0.6 is 23.8 Å². The third kappa shape index (κ3) is 4.98. The molecular formula is C28H27ClN4O6S. The molecule has 208 valence electrons. The Morgan fingerprint density at radius 1 is 1.15 bits per heavy atom. The lowest BCUT2D eigenvalue weighted by molar-refractivity contribution is -0.385. The van der Waals surface area contributed by atoms with Crippen LogP contribution in [0.4, 0.5) is 11.4 Å². The van der Waals surface area contributed by atoms with Gasteiger partial charge in [-0.25, -0.2) is 0 Å². The van der Waals surface area contributed by atoms with E-state index in [-0.39, 0.29) is 11.6 Å². The number of nitro groups is 1. The van der Waals surface area contributed by atoms with Crippen LogP contribution in [-0.2, 0) is 11.2 Å². The molecule has 2 aliphatic heterocycles. The van der Waals surface area contributed by atoms with Crippen molar-refractivity contribution >= 4 is 46.2 Å². The van der Waals surface area contributed by atoms with Crippen molar-refractivity contribution in [2.24, 2.45) is 5.92 Å². The standard InChI is InChI=1S/C28H27ClN4O6S/c1-28-24(26(34)30-18-7-5-17(29)6-8-18)25(20-15-19(33(35)36)9-11-21(20)39-28)31-27(40)32(28)13-12-16-4-10-22(37-2)23(14-16)38-3/h4-11,14-15,24-25H,12-13H2,1-3H3,(H,30,34)(H,31,40)/t24-,25-,28-/m1/s1. The van der Waals surface area contributed by atoms with Gasteiger partial charge in [0.15, 0.2) is 22.3 Å². The van der Waals surface area contributed by atoms with Crippen molar-refractivity contribution < 1.29 is 23.9 Å². The first-order chi connectivity index (χ1) is 19.1. The van der Waals surface area contributed by atoms with Crippen LogP contribution in [0.5, 0.6) is 17.2 Å². The van der Waals surface area contributed by atoms with E-state index in [4.69, 9.17) is 38.0 Å². The maximum atomic E-state index is 13.9. The number of benzene rings is 3. The monoisotopic (exact) mass is 582 g/mol. The Morgan fingerprint density at radius 3 is 2.55 bits per heavy atom. The Bertz CT molecular complexity index is 1490. The number of carbonyl (C=O) groups excluding carboxylic acids is 1. The number of carbonyl (C=O) groups is 1. The summed E-state index contributed by atoms with van der Waals surface area (Å²) in [5.74, 6) is 0.513. The molecule has 1 amide bonds. The summed E-state index contributed by atoms with van der Waals surface area (Å²) in [7, 11) is 3.16. The van der Waals surface area contributed by atoms with E-state index < -0.39 is 22.6 Å². The number of ether oxygens (including phenoxy) is 3. The van der Waals surface area contributed by atoms with Gasteiger partial charge in [-0.15, -0.1) is 0 Å². The minimum absolute atomic E-state index is 0.105. The second kappa shape index (κ2) is 10.8. The summed E-state index contributed by atoms with van der Waals surface area (Å²) in [6, 6.07) is 16.1. The molecule has 0 aromatic heterocycles. The lowest BCUT2D eigenvalue weighted by Crippen LogP contribution is -2.71. The Hall–Kier alpha value is -4.09.